The molecule has 124 valence electrons. The lowest BCUT2D eigenvalue weighted by Crippen LogP contribution is -2.21. The van der Waals surface area contributed by atoms with E-state index in [9.17, 15) is 19.7 Å². The summed E-state index contributed by atoms with van der Waals surface area (Å²) in [7, 11) is 1.37. The standard InChI is InChI=1S/C15H13N3O6/c1-23-10-5-6-11(13(8-10)18(21)22)17-14(19)9-24-15(20)12-4-2-3-7-16-12/h2-8H,9H2,1H3,(H,17,19). The van der Waals surface area contributed by atoms with Crippen molar-refractivity contribution in [2.45, 2.75) is 0 Å². The Morgan fingerprint density at radius 3 is 2.71 bits per heavy atom. The molecule has 0 aliphatic carbocycles. The van der Waals surface area contributed by atoms with Gasteiger partial charge in [0.15, 0.2) is 6.61 Å². The molecule has 1 aromatic carbocycles. The van der Waals surface area contributed by atoms with E-state index in [0.717, 1.165) is 0 Å². The van der Waals surface area contributed by atoms with Crippen LogP contribution in [0.25, 0.3) is 0 Å². The van der Waals surface area contributed by atoms with Gasteiger partial charge in [-0.05, 0) is 24.3 Å². The van der Waals surface area contributed by atoms with Crippen LogP contribution in [-0.4, -0.2) is 35.5 Å². The van der Waals surface area contributed by atoms with Crippen molar-refractivity contribution in [1.29, 1.82) is 0 Å². The average Bonchev–Trinajstić information content (AvgIpc) is 2.60. The van der Waals surface area contributed by atoms with Gasteiger partial charge in [-0.1, -0.05) is 6.07 Å². The highest BCUT2D eigenvalue weighted by Gasteiger charge is 2.18. The number of anilines is 1. The molecule has 1 heterocycles. The number of pyridine rings is 1. The third kappa shape index (κ3) is 4.26. The maximum absolute atomic E-state index is 11.8. The summed E-state index contributed by atoms with van der Waals surface area (Å²) in [4.78, 5) is 37.6. The first-order valence-electron chi connectivity index (χ1n) is 6.71. The van der Waals surface area contributed by atoms with E-state index in [1.807, 2.05) is 0 Å². The molecule has 0 radical (unpaired) electrons. The van der Waals surface area contributed by atoms with Crippen LogP contribution in [0.15, 0.2) is 42.6 Å². The van der Waals surface area contributed by atoms with Crippen LogP contribution >= 0.6 is 0 Å². The second kappa shape index (κ2) is 7.68. The third-order valence-electron chi connectivity index (χ3n) is 2.88. The molecular weight excluding hydrogens is 318 g/mol. The lowest BCUT2D eigenvalue weighted by Gasteiger charge is -2.08. The lowest BCUT2D eigenvalue weighted by atomic mass is 10.2. The molecule has 1 N–H and O–H groups in total. The van der Waals surface area contributed by atoms with Gasteiger partial charge in [-0.15, -0.1) is 0 Å². The Balaban J connectivity index is 2.00. The molecule has 0 bridgehead atoms. The number of benzene rings is 1. The molecule has 2 aromatic rings. The Morgan fingerprint density at radius 2 is 2.08 bits per heavy atom. The average molecular weight is 331 g/mol. The molecule has 0 unspecified atom stereocenters. The zero-order valence-corrected chi connectivity index (χ0v) is 12.6. The molecule has 9 nitrogen and oxygen atoms in total. The van der Waals surface area contributed by atoms with E-state index in [1.165, 1.54) is 37.6 Å². The first kappa shape index (κ1) is 16.9. The summed E-state index contributed by atoms with van der Waals surface area (Å²) in [6, 6.07) is 8.64. The second-order valence-corrected chi connectivity index (χ2v) is 4.48. The van der Waals surface area contributed by atoms with Crippen molar-refractivity contribution < 1.29 is 24.0 Å². The van der Waals surface area contributed by atoms with Gasteiger partial charge in [-0.2, -0.15) is 0 Å². The normalized spacial score (nSPS) is 9.88. The maximum atomic E-state index is 11.8. The zero-order chi connectivity index (χ0) is 17.5. The van der Waals surface area contributed by atoms with E-state index in [2.05, 4.69) is 10.3 Å². The third-order valence-corrected chi connectivity index (χ3v) is 2.88. The van der Waals surface area contributed by atoms with Crippen LogP contribution in [0.1, 0.15) is 10.5 Å². The van der Waals surface area contributed by atoms with Crippen molar-refractivity contribution in [2.24, 2.45) is 0 Å². The molecule has 0 aliphatic heterocycles. The number of carbonyl (C=O) groups excluding carboxylic acids is 2. The van der Waals surface area contributed by atoms with Crippen LogP contribution in [0.2, 0.25) is 0 Å². The molecule has 9 heteroatoms. The summed E-state index contributed by atoms with van der Waals surface area (Å²) < 4.78 is 9.70. The van der Waals surface area contributed by atoms with Crippen molar-refractivity contribution in [1.82, 2.24) is 4.98 Å². The predicted octanol–water partition coefficient (Wildman–Crippen LogP) is 1.79. The van der Waals surface area contributed by atoms with Gasteiger partial charge in [-0.3, -0.25) is 14.9 Å². The largest absolute Gasteiger partial charge is 0.496 e. The molecule has 0 fully saturated rings. The van der Waals surface area contributed by atoms with Gasteiger partial charge in [-0.25, -0.2) is 9.78 Å². The van der Waals surface area contributed by atoms with E-state index in [4.69, 9.17) is 9.47 Å². The Hall–Kier alpha value is -3.49. The number of nitrogens with zero attached hydrogens (tertiary/aromatic N) is 2. The molecule has 0 spiro atoms. The van der Waals surface area contributed by atoms with Crippen LogP contribution in [0.3, 0.4) is 0 Å². The Bertz CT molecular complexity index is 763. The van der Waals surface area contributed by atoms with Crippen molar-refractivity contribution in [3.05, 3.63) is 58.4 Å². The first-order chi connectivity index (χ1) is 11.5. The molecule has 0 atom stereocenters. The fourth-order valence-electron chi connectivity index (χ4n) is 1.77. The van der Waals surface area contributed by atoms with Gasteiger partial charge in [0.05, 0.1) is 18.1 Å². The maximum Gasteiger partial charge on any atom is 0.357 e. The van der Waals surface area contributed by atoms with E-state index in [-0.39, 0.29) is 22.8 Å². The highest BCUT2D eigenvalue weighted by atomic mass is 16.6. The minimum atomic E-state index is -0.769. The van der Waals surface area contributed by atoms with E-state index < -0.39 is 23.4 Å². The number of nitrogens with one attached hydrogen (secondary N) is 1. The molecule has 1 amide bonds. The Morgan fingerprint density at radius 1 is 1.29 bits per heavy atom. The highest BCUT2D eigenvalue weighted by molar-refractivity contribution is 5.96. The molecular formula is C15H13N3O6. The number of hydrogen-bond acceptors (Lipinski definition) is 7. The number of nitro benzene ring substituents is 1. The van der Waals surface area contributed by atoms with Gasteiger partial charge in [0.2, 0.25) is 0 Å². The van der Waals surface area contributed by atoms with Crippen molar-refractivity contribution in [3.63, 3.8) is 0 Å². The van der Waals surface area contributed by atoms with Crippen molar-refractivity contribution in [3.8, 4) is 5.75 Å². The van der Waals surface area contributed by atoms with Gasteiger partial charge in [0.1, 0.15) is 17.1 Å². The zero-order valence-electron chi connectivity index (χ0n) is 12.6. The number of esters is 1. The Kier molecular flexibility index (Phi) is 5.40. The van der Waals surface area contributed by atoms with E-state index in [0.29, 0.717) is 0 Å². The number of aromatic nitrogens is 1. The smallest absolute Gasteiger partial charge is 0.357 e. The first-order valence-corrected chi connectivity index (χ1v) is 6.71. The quantitative estimate of drug-likeness (QED) is 0.486. The second-order valence-electron chi connectivity index (χ2n) is 4.48. The number of methoxy groups -OCH3 is 1. The summed E-state index contributed by atoms with van der Waals surface area (Å²) in [6.07, 6.45) is 1.41. The number of amides is 1. The van der Waals surface area contributed by atoms with Crippen LogP contribution in [0.5, 0.6) is 5.75 Å². The van der Waals surface area contributed by atoms with Gasteiger partial charge >= 0.3 is 5.97 Å². The Labute approximate surface area is 136 Å². The van der Waals surface area contributed by atoms with Crippen LogP contribution in [0, 0.1) is 10.1 Å². The summed E-state index contributed by atoms with van der Waals surface area (Å²) in [5.74, 6) is -1.20. The molecule has 0 saturated carbocycles. The van der Waals surface area contributed by atoms with Gasteiger partial charge < -0.3 is 14.8 Å². The van der Waals surface area contributed by atoms with Gasteiger partial charge in [0.25, 0.3) is 11.6 Å². The van der Waals surface area contributed by atoms with Gasteiger partial charge in [0, 0.05) is 6.20 Å². The number of nitro groups is 1. The lowest BCUT2D eigenvalue weighted by molar-refractivity contribution is -0.384. The van der Waals surface area contributed by atoms with Crippen molar-refractivity contribution in [2.75, 3.05) is 19.0 Å². The molecule has 1 aromatic heterocycles. The molecule has 2 rings (SSSR count). The number of ether oxygens (including phenoxy) is 2. The summed E-state index contributed by atoms with van der Waals surface area (Å²) in [5, 5.41) is 13.3. The van der Waals surface area contributed by atoms with Crippen LogP contribution in [-0.2, 0) is 9.53 Å². The summed E-state index contributed by atoms with van der Waals surface area (Å²) >= 11 is 0. The van der Waals surface area contributed by atoms with E-state index in [1.54, 1.807) is 12.1 Å². The molecule has 24 heavy (non-hydrogen) atoms. The number of rotatable bonds is 6. The van der Waals surface area contributed by atoms with Crippen molar-refractivity contribution >= 4 is 23.3 Å². The predicted molar refractivity (Wildman–Crippen MR) is 82.8 cm³/mol. The highest BCUT2D eigenvalue weighted by Crippen LogP contribution is 2.28. The van der Waals surface area contributed by atoms with E-state index >= 15 is 0 Å². The summed E-state index contributed by atoms with van der Waals surface area (Å²) in [6.45, 7) is -0.599. The SMILES string of the molecule is COc1ccc(NC(=O)COC(=O)c2ccccn2)c([N+](=O)[O-])c1. The van der Waals surface area contributed by atoms with Crippen LogP contribution in [0.4, 0.5) is 11.4 Å². The molecule has 0 saturated heterocycles. The molecule has 0 aliphatic rings. The fraction of sp³-hybridized carbons (Fsp3) is 0.133. The minimum absolute atomic E-state index is 0.0281. The monoisotopic (exact) mass is 331 g/mol. The number of hydrogen-bond donors (Lipinski definition) is 1. The van der Waals surface area contributed by atoms with Crippen LogP contribution < -0.4 is 10.1 Å². The topological polar surface area (TPSA) is 121 Å². The summed E-state index contributed by atoms with van der Waals surface area (Å²) in [5.41, 5.74) is -0.306. The minimum Gasteiger partial charge on any atom is -0.496 e. The number of carbonyl (C=O) groups is 2. The fourth-order valence-corrected chi connectivity index (χ4v) is 1.77.